The number of rotatable bonds is 0. The molecule has 3 rings (SSSR count). The normalized spacial score (nSPS) is 11.1. The van der Waals surface area contributed by atoms with Gasteiger partial charge in [-0.25, -0.2) is 0 Å². The van der Waals surface area contributed by atoms with Crippen molar-refractivity contribution in [2.75, 3.05) is 0 Å². The van der Waals surface area contributed by atoms with Gasteiger partial charge in [-0.3, -0.25) is 4.79 Å². The van der Waals surface area contributed by atoms with E-state index in [4.69, 9.17) is 4.42 Å². The Morgan fingerprint density at radius 3 is 2.79 bits per heavy atom. The first-order valence-electron chi connectivity index (χ1n) is 4.34. The Morgan fingerprint density at radius 1 is 1.00 bits per heavy atom. The van der Waals surface area contributed by atoms with Crippen LogP contribution in [0.25, 0.3) is 21.9 Å². The molecule has 3 heteroatoms. The molecule has 68 valence electrons. The highest BCUT2D eigenvalue weighted by atomic mass is 16.3. The zero-order valence-corrected chi connectivity index (χ0v) is 7.28. The lowest BCUT2D eigenvalue weighted by molar-refractivity contribution is 0.660. The van der Waals surface area contributed by atoms with Crippen molar-refractivity contribution >= 4 is 21.9 Å². The van der Waals surface area contributed by atoms with Gasteiger partial charge in [-0.15, -0.1) is 0 Å². The largest absolute Gasteiger partial charge is 0.454 e. The van der Waals surface area contributed by atoms with Gasteiger partial charge in [-0.05, 0) is 12.1 Å². The summed E-state index contributed by atoms with van der Waals surface area (Å²) in [4.78, 5) is 14.7. The summed E-state index contributed by atoms with van der Waals surface area (Å²) < 4.78 is 5.54. The van der Waals surface area contributed by atoms with Gasteiger partial charge in [0.05, 0.1) is 10.8 Å². The fourth-order valence-electron chi connectivity index (χ4n) is 1.62. The number of aromatic amines is 1. The van der Waals surface area contributed by atoms with Crippen LogP contribution in [0.1, 0.15) is 0 Å². The smallest absolute Gasteiger partial charge is 0.202 e. The Labute approximate surface area is 79.0 Å². The van der Waals surface area contributed by atoms with Crippen molar-refractivity contribution in [3.8, 4) is 0 Å². The molecule has 0 unspecified atom stereocenters. The van der Waals surface area contributed by atoms with Crippen molar-refractivity contribution in [2.24, 2.45) is 0 Å². The van der Waals surface area contributed by atoms with E-state index in [1.807, 2.05) is 12.1 Å². The zero-order valence-electron chi connectivity index (χ0n) is 7.28. The molecule has 0 bridgehead atoms. The summed E-state index contributed by atoms with van der Waals surface area (Å²) >= 11 is 0. The van der Waals surface area contributed by atoms with Crippen LogP contribution in [-0.4, -0.2) is 4.98 Å². The SMILES string of the molecule is O=c1c2ccccc2oc2c[nH]cc12. The van der Waals surface area contributed by atoms with Crippen molar-refractivity contribution in [2.45, 2.75) is 0 Å². The van der Waals surface area contributed by atoms with Crippen molar-refractivity contribution in [1.29, 1.82) is 0 Å². The molecule has 0 spiro atoms. The number of nitrogens with one attached hydrogen (secondary N) is 1. The summed E-state index contributed by atoms with van der Waals surface area (Å²) in [5.74, 6) is 0. The van der Waals surface area contributed by atoms with E-state index in [-0.39, 0.29) is 5.43 Å². The molecule has 14 heavy (non-hydrogen) atoms. The fourth-order valence-corrected chi connectivity index (χ4v) is 1.62. The summed E-state index contributed by atoms with van der Waals surface area (Å²) in [6, 6.07) is 7.25. The Balaban J connectivity index is 2.70. The van der Waals surface area contributed by atoms with Crippen molar-refractivity contribution in [3.05, 3.63) is 46.9 Å². The second-order valence-electron chi connectivity index (χ2n) is 3.16. The average molecular weight is 185 g/mol. The number of aromatic nitrogens is 1. The van der Waals surface area contributed by atoms with E-state index in [0.717, 1.165) is 0 Å². The van der Waals surface area contributed by atoms with Gasteiger partial charge in [-0.1, -0.05) is 12.1 Å². The van der Waals surface area contributed by atoms with E-state index in [9.17, 15) is 4.79 Å². The molecule has 3 nitrogen and oxygen atoms in total. The Morgan fingerprint density at radius 2 is 1.86 bits per heavy atom. The highest BCUT2D eigenvalue weighted by Gasteiger charge is 2.06. The number of fused-ring (bicyclic) bond motifs is 2. The van der Waals surface area contributed by atoms with Crippen molar-refractivity contribution < 1.29 is 4.42 Å². The molecule has 0 aliphatic rings. The number of benzene rings is 1. The van der Waals surface area contributed by atoms with Gasteiger partial charge in [0.1, 0.15) is 5.58 Å². The first-order valence-corrected chi connectivity index (χ1v) is 4.34. The molecule has 2 aromatic heterocycles. The average Bonchev–Trinajstić information content (AvgIpc) is 2.66. The van der Waals surface area contributed by atoms with Crippen LogP contribution in [0.15, 0.2) is 45.9 Å². The van der Waals surface area contributed by atoms with Gasteiger partial charge in [0.2, 0.25) is 5.43 Å². The van der Waals surface area contributed by atoms with Crippen LogP contribution in [0, 0.1) is 0 Å². The number of para-hydroxylation sites is 1. The Hall–Kier alpha value is -2.03. The van der Waals surface area contributed by atoms with E-state index in [0.29, 0.717) is 21.9 Å². The molecule has 0 radical (unpaired) electrons. The maximum Gasteiger partial charge on any atom is 0.202 e. The second kappa shape index (κ2) is 2.48. The Bertz CT molecular complexity index is 663. The van der Waals surface area contributed by atoms with Crippen LogP contribution in [-0.2, 0) is 0 Å². The lowest BCUT2D eigenvalue weighted by Crippen LogP contribution is -1.99. The molecule has 1 N–H and O–H groups in total. The highest BCUT2D eigenvalue weighted by Crippen LogP contribution is 2.16. The van der Waals surface area contributed by atoms with Gasteiger partial charge in [0, 0.05) is 12.4 Å². The topological polar surface area (TPSA) is 46.0 Å². The third kappa shape index (κ3) is 0.836. The van der Waals surface area contributed by atoms with Crippen LogP contribution in [0.4, 0.5) is 0 Å². The molecule has 0 atom stereocenters. The number of hydrogen-bond donors (Lipinski definition) is 1. The summed E-state index contributed by atoms with van der Waals surface area (Å²) in [7, 11) is 0. The lowest BCUT2D eigenvalue weighted by atomic mass is 10.2. The summed E-state index contributed by atoms with van der Waals surface area (Å²) in [6.07, 6.45) is 3.34. The third-order valence-corrected chi connectivity index (χ3v) is 2.30. The monoisotopic (exact) mass is 185 g/mol. The second-order valence-corrected chi connectivity index (χ2v) is 3.16. The molecule has 0 saturated carbocycles. The summed E-state index contributed by atoms with van der Waals surface area (Å²) in [5.41, 5.74) is 1.25. The third-order valence-electron chi connectivity index (χ3n) is 2.30. The van der Waals surface area contributed by atoms with Crippen LogP contribution in [0.2, 0.25) is 0 Å². The van der Waals surface area contributed by atoms with Gasteiger partial charge in [0.15, 0.2) is 5.58 Å². The predicted molar refractivity (Wildman–Crippen MR) is 54.3 cm³/mol. The zero-order chi connectivity index (χ0) is 9.54. The maximum atomic E-state index is 11.9. The van der Waals surface area contributed by atoms with Crippen molar-refractivity contribution in [1.82, 2.24) is 4.98 Å². The Kier molecular flexibility index (Phi) is 1.31. The highest BCUT2D eigenvalue weighted by molar-refractivity contribution is 5.89. The number of hydrogen-bond acceptors (Lipinski definition) is 2. The molecular formula is C11H7NO2. The van der Waals surface area contributed by atoms with E-state index < -0.39 is 0 Å². The minimum Gasteiger partial charge on any atom is -0.454 e. The van der Waals surface area contributed by atoms with Crippen molar-refractivity contribution in [3.63, 3.8) is 0 Å². The molecular weight excluding hydrogens is 178 g/mol. The molecule has 3 aromatic rings. The quantitative estimate of drug-likeness (QED) is 0.584. The van der Waals surface area contributed by atoms with E-state index >= 15 is 0 Å². The molecule has 0 aliphatic carbocycles. The van der Waals surface area contributed by atoms with Crippen LogP contribution < -0.4 is 5.43 Å². The lowest BCUT2D eigenvalue weighted by Gasteiger charge is -1.95. The van der Waals surface area contributed by atoms with E-state index in [1.54, 1.807) is 24.5 Å². The van der Waals surface area contributed by atoms with Gasteiger partial charge in [0.25, 0.3) is 0 Å². The van der Waals surface area contributed by atoms with Gasteiger partial charge < -0.3 is 9.40 Å². The van der Waals surface area contributed by atoms with Crippen LogP contribution >= 0.6 is 0 Å². The minimum absolute atomic E-state index is 0.0168. The van der Waals surface area contributed by atoms with E-state index in [1.165, 1.54) is 0 Å². The summed E-state index contributed by atoms with van der Waals surface area (Å²) in [5, 5.41) is 1.23. The first-order chi connectivity index (χ1) is 6.86. The molecule has 0 fully saturated rings. The molecule has 0 amide bonds. The fraction of sp³-hybridized carbons (Fsp3) is 0. The minimum atomic E-state index is 0.0168. The van der Waals surface area contributed by atoms with E-state index in [2.05, 4.69) is 4.98 Å². The van der Waals surface area contributed by atoms with Crippen LogP contribution in [0.3, 0.4) is 0 Å². The molecule has 1 aromatic carbocycles. The maximum absolute atomic E-state index is 11.9. The standard InChI is InChI=1S/C11H7NO2/c13-11-7-3-1-2-4-9(7)14-10-6-12-5-8(10)11/h1-6,12H. The first kappa shape index (κ1) is 7.38. The predicted octanol–water partition coefficient (Wildman–Crippen LogP) is 2.27. The number of H-pyrrole nitrogens is 1. The molecule has 0 aliphatic heterocycles. The molecule has 2 heterocycles. The van der Waals surface area contributed by atoms with Gasteiger partial charge >= 0.3 is 0 Å². The van der Waals surface area contributed by atoms with Gasteiger partial charge in [-0.2, -0.15) is 0 Å². The summed E-state index contributed by atoms with van der Waals surface area (Å²) in [6.45, 7) is 0. The van der Waals surface area contributed by atoms with Crippen LogP contribution in [0.5, 0.6) is 0 Å². The molecule has 0 saturated heterocycles.